The van der Waals surface area contributed by atoms with Gasteiger partial charge in [-0.25, -0.2) is 0 Å². The molecule has 34 heavy (non-hydrogen) atoms. The molecule has 0 spiro atoms. The molecule has 6 unspecified atom stereocenters. The first-order chi connectivity index (χ1) is 16.2. The third-order valence-corrected chi connectivity index (χ3v) is 11.4. The van der Waals surface area contributed by atoms with E-state index >= 15 is 0 Å². The second kappa shape index (κ2) is 12.9. The van der Waals surface area contributed by atoms with E-state index in [0.717, 1.165) is 0 Å². The van der Waals surface area contributed by atoms with E-state index < -0.39 is 14.8 Å². The van der Waals surface area contributed by atoms with Crippen LogP contribution in [0.2, 0.25) is 18.1 Å². The van der Waals surface area contributed by atoms with Gasteiger partial charge in [-0.1, -0.05) is 20.8 Å². The molecule has 7 atom stereocenters. The van der Waals surface area contributed by atoms with Crippen molar-refractivity contribution >= 4 is 8.32 Å². The van der Waals surface area contributed by atoms with Crippen LogP contribution in [0.25, 0.3) is 0 Å². The molecule has 0 aromatic heterocycles. The van der Waals surface area contributed by atoms with E-state index in [1.807, 2.05) is 0 Å². The molecule has 3 aliphatic heterocycles. The smallest absolute Gasteiger partial charge is 0.272 e. The summed E-state index contributed by atoms with van der Waals surface area (Å²) in [5, 5.41) is 0.0370. The molecule has 4 fully saturated rings. The summed E-state index contributed by atoms with van der Waals surface area (Å²) in [6.45, 7) is 14.3. The van der Waals surface area contributed by atoms with E-state index in [2.05, 4.69) is 33.9 Å². The Morgan fingerprint density at radius 3 is 1.44 bits per heavy atom. The van der Waals surface area contributed by atoms with Gasteiger partial charge >= 0.3 is 0 Å². The van der Waals surface area contributed by atoms with Crippen molar-refractivity contribution in [3.05, 3.63) is 0 Å². The second-order valence-corrected chi connectivity index (χ2v) is 15.1. The molecule has 0 aromatic rings. The molecule has 1 aliphatic carbocycles. The molecule has 4 aliphatic rings. The highest BCUT2D eigenvalue weighted by Gasteiger charge is 2.64. The number of hydrogen-bond donors (Lipinski definition) is 0. The Hall–Kier alpha value is -0.183. The third-order valence-electron chi connectivity index (χ3n) is 6.92. The Kier molecular flexibility index (Phi) is 10.7. The van der Waals surface area contributed by atoms with Gasteiger partial charge in [0.15, 0.2) is 8.32 Å². The molecule has 0 aromatic carbocycles. The van der Waals surface area contributed by atoms with Crippen LogP contribution in [0.4, 0.5) is 0 Å². The molecular weight excluding hydrogens is 464 g/mol. The van der Waals surface area contributed by atoms with Crippen LogP contribution in [0, 0.1) is 0 Å². The Morgan fingerprint density at radius 2 is 1.03 bits per heavy atom. The molecule has 4 bridgehead atoms. The van der Waals surface area contributed by atoms with Crippen molar-refractivity contribution in [3.63, 3.8) is 0 Å². The minimum atomic E-state index is -2.12. The van der Waals surface area contributed by atoms with Crippen molar-refractivity contribution in [2.45, 2.75) is 82.0 Å². The molecule has 11 heteroatoms. The minimum absolute atomic E-state index is 0.0370. The van der Waals surface area contributed by atoms with Crippen molar-refractivity contribution < 1.29 is 47.1 Å². The maximum Gasteiger partial charge on any atom is 0.272 e. The predicted molar refractivity (Wildman–Crippen MR) is 125 cm³/mol. The Labute approximate surface area is 204 Å². The molecule has 3 heterocycles. The summed E-state index contributed by atoms with van der Waals surface area (Å²) in [6.07, 6.45) is -1.93. The van der Waals surface area contributed by atoms with Crippen LogP contribution in [0.3, 0.4) is 0 Å². The lowest BCUT2D eigenvalue weighted by atomic mass is 9.82. The lowest BCUT2D eigenvalue weighted by molar-refractivity contribution is -0.484. The van der Waals surface area contributed by atoms with Gasteiger partial charge in [-0.3, -0.25) is 0 Å². The van der Waals surface area contributed by atoms with Crippen LogP contribution in [0.15, 0.2) is 0 Å². The van der Waals surface area contributed by atoms with Crippen molar-refractivity contribution in [1.82, 2.24) is 0 Å². The first-order valence-corrected chi connectivity index (χ1v) is 15.1. The van der Waals surface area contributed by atoms with E-state index in [0.29, 0.717) is 52.9 Å². The highest BCUT2D eigenvalue weighted by atomic mass is 28.4. The molecule has 200 valence electrons. The van der Waals surface area contributed by atoms with E-state index in [9.17, 15) is 0 Å². The minimum Gasteiger partial charge on any atom is -0.408 e. The van der Waals surface area contributed by atoms with Gasteiger partial charge in [0, 0.05) is 14.2 Å². The molecule has 3 saturated heterocycles. The van der Waals surface area contributed by atoms with Gasteiger partial charge in [-0.15, -0.1) is 0 Å². The average Bonchev–Trinajstić information content (AvgIpc) is 2.77. The molecule has 0 amide bonds. The maximum absolute atomic E-state index is 6.84. The summed E-state index contributed by atoms with van der Waals surface area (Å²) in [6, 6.07) is 0. The Balaban J connectivity index is 1.67. The molecule has 0 radical (unpaired) electrons. The fourth-order valence-corrected chi connectivity index (χ4v) is 5.37. The summed E-state index contributed by atoms with van der Waals surface area (Å²) in [5.41, 5.74) is 0. The van der Waals surface area contributed by atoms with Crippen molar-refractivity contribution in [2.24, 2.45) is 0 Å². The summed E-state index contributed by atoms with van der Waals surface area (Å²) in [4.78, 5) is 0. The molecule has 0 N–H and O–H groups in total. The summed E-state index contributed by atoms with van der Waals surface area (Å²) >= 11 is 0. The molecular formula is C23H44O10Si. The number of ether oxygens (including phenoxy) is 9. The monoisotopic (exact) mass is 508 g/mol. The number of rotatable bonds is 16. The van der Waals surface area contributed by atoms with Crippen molar-refractivity contribution in [1.29, 1.82) is 0 Å². The standard InChI is InChI=1S/C23H44O10Si/c1-23(2,3)34(6,7)33-21-19-16(28-14-12-26-10-8-24-4)18-17(20(21)32-22(30-18)31-19)29-15-13-27-11-9-25-5/h16-22H,8-15H2,1-7H3/t16?,17?,18?,19-,20?,21?,22?/m1/s1. The topological polar surface area (TPSA) is 92.3 Å². The zero-order valence-corrected chi connectivity index (χ0v) is 22.8. The van der Waals surface area contributed by atoms with Crippen LogP contribution in [-0.4, -0.2) is 118 Å². The van der Waals surface area contributed by atoms with Gasteiger partial charge in [0.05, 0.1) is 52.9 Å². The zero-order valence-electron chi connectivity index (χ0n) is 21.8. The highest BCUT2D eigenvalue weighted by molar-refractivity contribution is 6.74. The van der Waals surface area contributed by atoms with Crippen LogP contribution in [0.5, 0.6) is 0 Å². The molecule has 4 rings (SSSR count). The van der Waals surface area contributed by atoms with Gasteiger partial charge in [-0.05, 0) is 18.1 Å². The third kappa shape index (κ3) is 6.98. The van der Waals surface area contributed by atoms with Crippen LogP contribution >= 0.6 is 0 Å². The van der Waals surface area contributed by atoms with E-state index in [-0.39, 0.29) is 41.7 Å². The van der Waals surface area contributed by atoms with Gasteiger partial charge in [0.2, 0.25) is 0 Å². The van der Waals surface area contributed by atoms with Gasteiger partial charge in [0.1, 0.15) is 36.6 Å². The quantitative estimate of drug-likeness (QED) is 0.228. The number of hydrogen-bond acceptors (Lipinski definition) is 10. The first kappa shape index (κ1) is 28.4. The van der Waals surface area contributed by atoms with Crippen molar-refractivity contribution in [3.8, 4) is 0 Å². The number of methoxy groups -OCH3 is 2. The van der Waals surface area contributed by atoms with Gasteiger partial charge in [0.25, 0.3) is 6.48 Å². The van der Waals surface area contributed by atoms with E-state index in [1.54, 1.807) is 14.2 Å². The Bertz CT molecular complexity index is 567. The van der Waals surface area contributed by atoms with Crippen LogP contribution in [0.1, 0.15) is 20.8 Å². The molecule has 10 nitrogen and oxygen atoms in total. The SMILES string of the molecule is COCCOCCOC1C2OC3OC1C(O[Si](C)(C)C(C)(C)C)[C@H](O3)C2OCCOCCOC. The summed E-state index contributed by atoms with van der Waals surface area (Å²) in [7, 11) is 1.18. The fraction of sp³-hybridized carbons (Fsp3) is 1.00. The average molecular weight is 509 g/mol. The van der Waals surface area contributed by atoms with Gasteiger partial charge in [-0.2, -0.15) is 0 Å². The van der Waals surface area contributed by atoms with Crippen LogP contribution in [-0.2, 0) is 47.1 Å². The van der Waals surface area contributed by atoms with Crippen LogP contribution < -0.4 is 0 Å². The zero-order chi connectivity index (χ0) is 24.8. The lowest BCUT2D eigenvalue weighted by Crippen LogP contribution is -2.77. The largest absolute Gasteiger partial charge is 0.408 e. The second-order valence-electron chi connectivity index (χ2n) is 10.3. The first-order valence-electron chi connectivity index (χ1n) is 12.2. The van der Waals surface area contributed by atoms with E-state index in [4.69, 9.17) is 47.1 Å². The van der Waals surface area contributed by atoms with Gasteiger partial charge < -0.3 is 47.1 Å². The van der Waals surface area contributed by atoms with E-state index in [1.165, 1.54) is 0 Å². The Morgan fingerprint density at radius 1 is 0.618 bits per heavy atom. The predicted octanol–water partition coefficient (Wildman–Crippen LogP) is 1.95. The lowest BCUT2D eigenvalue weighted by Gasteiger charge is -2.60. The fourth-order valence-electron chi connectivity index (χ4n) is 4.07. The summed E-state index contributed by atoms with van der Waals surface area (Å²) < 4.78 is 58.7. The summed E-state index contributed by atoms with van der Waals surface area (Å²) in [5.74, 6) is 0. The highest BCUT2D eigenvalue weighted by Crippen LogP contribution is 2.46. The van der Waals surface area contributed by atoms with Crippen molar-refractivity contribution in [2.75, 3.05) is 67.1 Å². The molecule has 1 saturated carbocycles. The maximum atomic E-state index is 6.84. The normalized spacial score (nSPS) is 33.1.